The molecule has 0 aromatic carbocycles. The summed E-state index contributed by atoms with van der Waals surface area (Å²) in [6.45, 7) is 5.71. The number of nitriles is 1. The molecule has 4 heteroatoms. The number of nitrogens with zero attached hydrogens (tertiary/aromatic N) is 3. The molecule has 0 amide bonds. The first-order chi connectivity index (χ1) is 9.33. The average Bonchev–Trinajstić information content (AvgIpc) is 2.63. The minimum atomic E-state index is 0.827. The summed E-state index contributed by atoms with van der Waals surface area (Å²) in [4.78, 5) is 8.03. The zero-order chi connectivity index (χ0) is 13.5. The van der Waals surface area contributed by atoms with E-state index in [1.807, 2.05) is 0 Å². The third kappa shape index (κ3) is 4.29. The lowest BCUT2D eigenvalue weighted by molar-refractivity contribution is 0.288. The summed E-state index contributed by atoms with van der Waals surface area (Å²) in [7, 11) is 0. The molecule has 1 fully saturated rings. The number of aryl methyl sites for hydroxylation is 1. The smallest absolute Gasteiger partial charge is 0.128 e. The fourth-order valence-electron chi connectivity index (χ4n) is 2.61. The topological polar surface area (TPSA) is 39.9 Å². The van der Waals surface area contributed by atoms with Gasteiger partial charge in [0.2, 0.25) is 0 Å². The quantitative estimate of drug-likeness (QED) is 0.828. The second-order valence-electron chi connectivity index (χ2n) is 5.25. The van der Waals surface area contributed by atoms with E-state index in [0.29, 0.717) is 0 Å². The highest BCUT2D eigenvalue weighted by Crippen LogP contribution is 2.20. The van der Waals surface area contributed by atoms with Gasteiger partial charge >= 0.3 is 0 Å². The van der Waals surface area contributed by atoms with Gasteiger partial charge in [-0.05, 0) is 32.4 Å². The second-order valence-corrected chi connectivity index (χ2v) is 6.33. The van der Waals surface area contributed by atoms with Crippen LogP contribution in [0, 0.1) is 11.3 Å². The first-order valence-corrected chi connectivity index (χ1v) is 8.26. The van der Waals surface area contributed by atoms with Crippen LogP contribution >= 0.6 is 11.3 Å². The lowest BCUT2D eigenvalue weighted by atomic mass is 10.2. The summed E-state index contributed by atoms with van der Waals surface area (Å²) < 4.78 is 0. The number of likely N-dealkylation sites (tertiary alicyclic amines) is 1. The van der Waals surface area contributed by atoms with Crippen molar-refractivity contribution in [2.75, 3.05) is 19.6 Å². The molecular formula is C15H23N3S. The monoisotopic (exact) mass is 277 g/mol. The molecular weight excluding hydrogens is 254 g/mol. The predicted octanol–water partition coefficient (Wildman–Crippen LogP) is 3.39. The van der Waals surface area contributed by atoms with Crippen molar-refractivity contribution in [2.45, 2.75) is 51.9 Å². The first-order valence-electron chi connectivity index (χ1n) is 7.44. The van der Waals surface area contributed by atoms with Crippen molar-refractivity contribution in [3.8, 4) is 6.07 Å². The number of thiazole rings is 1. The Bertz CT molecular complexity index is 425. The van der Waals surface area contributed by atoms with Gasteiger partial charge in [0, 0.05) is 13.0 Å². The Labute approximate surface area is 120 Å². The van der Waals surface area contributed by atoms with Crippen LogP contribution in [0.5, 0.6) is 0 Å². The SMILES string of the molecule is CCCc1nc(CCN2CCCCCC2)sc1C#N. The van der Waals surface area contributed by atoms with Crippen LogP contribution in [0.4, 0.5) is 0 Å². The molecule has 0 bridgehead atoms. The number of hydrogen-bond acceptors (Lipinski definition) is 4. The van der Waals surface area contributed by atoms with Gasteiger partial charge in [-0.25, -0.2) is 4.98 Å². The van der Waals surface area contributed by atoms with Crippen LogP contribution in [0.2, 0.25) is 0 Å². The van der Waals surface area contributed by atoms with Crippen LogP contribution in [-0.2, 0) is 12.8 Å². The summed E-state index contributed by atoms with van der Waals surface area (Å²) in [5.41, 5.74) is 1.01. The van der Waals surface area contributed by atoms with E-state index in [0.717, 1.165) is 41.4 Å². The number of hydrogen-bond donors (Lipinski definition) is 0. The molecule has 19 heavy (non-hydrogen) atoms. The summed E-state index contributed by atoms with van der Waals surface area (Å²) in [5, 5.41) is 10.3. The van der Waals surface area contributed by atoms with Gasteiger partial charge in [0.25, 0.3) is 0 Å². The Morgan fingerprint density at radius 3 is 2.58 bits per heavy atom. The Morgan fingerprint density at radius 2 is 1.95 bits per heavy atom. The van der Waals surface area contributed by atoms with Gasteiger partial charge in [0.1, 0.15) is 10.9 Å². The van der Waals surface area contributed by atoms with Crippen LogP contribution in [0.25, 0.3) is 0 Å². The maximum atomic E-state index is 9.12. The molecule has 0 aliphatic carbocycles. The molecule has 0 N–H and O–H groups in total. The average molecular weight is 277 g/mol. The molecule has 0 radical (unpaired) electrons. The molecule has 1 aliphatic rings. The van der Waals surface area contributed by atoms with Gasteiger partial charge in [-0.2, -0.15) is 5.26 Å². The molecule has 104 valence electrons. The third-order valence-corrected chi connectivity index (χ3v) is 4.73. The van der Waals surface area contributed by atoms with Crippen LogP contribution in [0.1, 0.15) is 54.6 Å². The number of rotatable bonds is 5. The highest BCUT2D eigenvalue weighted by Gasteiger charge is 2.13. The van der Waals surface area contributed by atoms with E-state index in [9.17, 15) is 0 Å². The second kappa shape index (κ2) is 7.62. The highest BCUT2D eigenvalue weighted by molar-refractivity contribution is 7.12. The fourth-order valence-corrected chi connectivity index (χ4v) is 3.51. The van der Waals surface area contributed by atoms with Gasteiger partial charge < -0.3 is 4.90 Å². The standard InChI is InChI=1S/C15H23N3S/c1-2-7-13-14(12-16)19-15(17-13)8-11-18-9-5-3-4-6-10-18/h2-11H2,1H3. The zero-order valence-electron chi connectivity index (χ0n) is 11.8. The van der Waals surface area contributed by atoms with Crippen LogP contribution < -0.4 is 0 Å². The molecule has 1 aliphatic heterocycles. The van der Waals surface area contributed by atoms with Crippen molar-refractivity contribution in [1.29, 1.82) is 5.26 Å². The maximum absolute atomic E-state index is 9.12. The van der Waals surface area contributed by atoms with E-state index in [1.165, 1.54) is 38.8 Å². The van der Waals surface area contributed by atoms with Crippen molar-refractivity contribution < 1.29 is 0 Å². The van der Waals surface area contributed by atoms with E-state index >= 15 is 0 Å². The van der Waals surface area contributed by atoms with Crippen LogP contribution in [0.15, 0.2) is 0 Å². The summed E-state index contributed by atoms with van der Waals surface area (Å²) in [6, 6.07) is 2.29. The Balaban J connectivity index is 1.90. The van der Waals surface area contributed by atoms with Crippen molar-refractivity contribution in [1.82, 2.24) is 9.88 Å². The molecule has 3 nitrogen and oxygen atoms in total. The van der Waals surface area contributed by atoms with Crippen LogP contribution in [-0.4, -0.2) is 29.5 Å². The molecule has 2 heterocycles. The van der Waals surface area contributed by atoms with Crippen molar-refractivity contribution in [2.24, 2.45) is 0 Å². The molecule has 0 spiro atoms. The van der Waals surface area contributed by atoms with Crippen molar-refractivity contribution >= 4 is 11.3 Å². The van der Waals surface area contributed by atoms with Crippen molar-refractivity contribution in [3.05, 3.63) is 15.6 Å². The van der Waals surface area contributed by atoms with Gasteiger partial charge in [0.15, 0.2) is 0 Å². The summed E-state index contributed by atoms with van der Waals surface area (Å²) >= 11 is 1.59. The Morgan fingerprint density at radius 1 is 1.21 bits per heavy atom. The minimum absolute atomic E-state index is 0.827. The Kier molecular flexibility index (Phi) is 5.81. The molecule has 0 unspecified atom stereocenters. The predicted molar refractivity (Wildman–Crippen MR) is 79.4 cm³/mol. The molecule has 0 atom stereocenters. The minimum Gasteiger partial charge on any atom is -0.303 e. The van der Waals surface area contributed by atoms with E-state index in [4.69, 9.17) is 5.26 Å². The van der Waals surface area contributed by atoms with Gasteiger partial charge in [-0.15, -0.1) is 11.3 Å². The van der Waals surface area contributed by atoms with Crippen LogP contribution in [0.3, 0.4) is 0 Å². The van der Waals surface area contributed by atoms with Gasteiger partial charge in [0.05, 0.1) is 10.7 Å². The maximum Gasteiger partial charge on any atom is 0.128 e. The fraction of sp³-hybridized carbons (Fsp3) is 0.733. The summed E-state index contributed by atoms with van der Waals surface area (Å²) in [5.74, 6) is 0. The highest BCUT2D eigenvalue weighted by atomic mass is 32.1. The lowest BCUT2D eigenvalue weighted by Gasteiger charge is -2.18. The molecule has 1 saturated heterocycles. The van der Waals surface area contributed by atoms with Gasteiger partial charge in [-0.1, -0.05) is 26.2 Å². The number of aromatic nitrogens is 1. The van der Waals surface area contributed by atoms with Gasteiger partial charge in [-0.3, -0.25) is 0 Å². The third-order valence-electron chi connectivity index (χ3n) is 3.67. The molecule has 2 rings (SSSR count). The molecule has 1 aromatic heterocycles. The van der Waals surface area contributed by atoms with E-state index in [-0.39, 0.29) is 0 Å². The zero-order valence-corrected chi connectivity index (χ0v) is 12.6. The van der Waals surface area contributed by atoms with Crippen molar-refractivity contribution in [3.63, 3.8) is 0 Å². The molecule has 0 saturated carbocycles. The Hall–Kier alpha value is -0.920. The van der Waals surface area contributed by atoms with E-state index in [1.54, 1.807) is 11.3 Å². The first kappa shape index (κ1) is 14.5. The molecule has 1 aromatic rings. The normalized spacial score (nSPS) is 17.1. The van der Waals surface area contributed by atoms with E-state index < -0.39 is 0 Å². The largest absolute Gasteiger partial charge is 0.303 e. The lowest BCUT2D eigenvalue weighted by Crippen LogP contribution is -2.26. The van der Waals surface area contributed by atoms with E-state index in [2.05, 4.69) is 22.9 Å². The summed E-state index contributed by atoms with van der Waals surface area (Å²) in [6.07, 6.45) is 8.43.